The summed E-state index contributed by atoms with van der Waals surface area (Å²) >= 11 is 0. The Morgan fingerprint density at radius 1 is 1.00 bits per heavy atom. The molecule has 0 amide bonds. The fourth-order valence-corrected chi connectivity index (χ4v) is 5.25. The summed E-state index contributed by atoms with van der Waals surface area (Å²) in [4.78, 5) is 12.9. The van der Waals surface area contributed by atoms with Gasteiger partial charge in [-0.25, -0.2) is 0 Å². The topological polar surface area (TPSA) is 44.8 Å². The van der Waals surface area contributed by atoms with Crippen LogP contribution in [-0.2, 0) is 19.0 Å². The number of rotatable bonds is 4. The van der Waals surface area contributed by atoms with E-state index in [-0.39, 0.29) is 30.4 Å². The highest BCUT2D eigenvalue weighted by molar-refractivity contribution is 5.70. The van der Waals surface area contributed by atoms with E-state index in [1.165, 1.54) is 17.6 Å². The number of allylic oxidation sites excluding steroid dienone is 7. The Labute approximate surface area is 213 Å². The predicted octanol–water partition coefficient (Wildman–Crippen LogP) is 7.56. The molecule has 2 saturated heterocycles. The highest BCUT2D eigenvalue weighted by Crippen LogP contribution is 2.33. The third-order valence-electron chi connectivity index (χ3n) is 7.37. The van der Waals surface area contributed by atoms with Crippen LogP contribution >= 0.6 is 0 Å². The monoisotopic (exact) mass is 482 g/mol. The predicted molar refractivity (Wildman–Crippen MR) is 143 cm³/mol. The van der Waals surface area contributed by atoms with Gasteiger partial charge in [-0.15, -0.1) is 0 Å². The molecule has 3 heterocycles. The van der Waals surface area contributed by atoms with E-state index in [2.05, 4.69) is 52.0 Å². The Hall–Kier alpha value is -1.91. The molecular weight excluding hydrogens is 436 g/mol. The van der Waals surface area contributed by atoms with Crippen molar-refractivity contribution in [3.8, 4) is 0 Å². The first kappa shape index (κ1) is 27.7. The minimum atomic E-state index is -0.282. The molecule has 0 spiro atoms. The van der Waals surface area contributed by atoms with Crippen LogP contribution in [0, 0.1) is 5.92 Å². The van der Waals surface area contributed by atoms with Crippen LogP contribution in [0.1, 0.15) is 91.9 Å². The molecule has 4 nitrogen and oxygen atoms in total. The summed E-state index contributed by atoms with van der Waals surface area (Å²) in [7, 11) is 0. The van der Waals surface area contributed by atoms with Crippen LogP contribution in [-0.4, -0.2) is 36.5 Å². The van der Waals surface area contributed by atoms with Gasteiger partial charge in [0.05, 0.1) is 30.8 Å². The summed E-state index contributed by atoms with van der Waals surface area (Å²) in [5.74, 6) is 0.243. The molecule has 6 unspecified atom stereocenters. The Bertz CT molecular complexity index is 818. The smallest absolute Gasteiger partial charge is 0.309 e. The van der Waals surface area contributed by atoms with E-state index in [1.54, 1.807) is 0 Å². The van der Waals surface area contributed by atoms with Crippen LogP contribution in [0.5, 0.6) is 0 Å². The highest BCUT2D eigenvalue weighted by Gasteiger charge is 2.32. The second-order valence-electron chi connectivity index (χ2n) is 10.5. The zero-order valence-electron chi connectivity index (χ0n) is 22.3. The van der Waals surface area contributed by atoms with Crippen LogP contribution < -0.4 is 0 Å². The van der Waals surface area contributed by atoms with E-state index in [4.69, 9.17) is 14.2 Å². The molecule has 3 rings (SSSR count). The highest BCUT2D eigenvalue weighted by atomic mass is 16.5. The minimum Gasteiger partial charge on any atom is -0.458 e. The zero-order chi connectivity index (χ0) is 25.0. The Kier molecular flexibility index (Phi) is 11.5. The van der Waals surface area contributed by atoms with Crippen molar-refractivity contribution in [3.05, 3.63) is 59.8 Å². The van der Waals surface area contributed by atoms with E-state index >= 15 is 0 Å². The Balaban J connectivity index is 1.73. The van der Waals surface area contributed by atoms with Gasteiger partial charge in [0.25, 0.3) is 0 Å². The standard InChI is InChI=1S/C31H46O4/c1-5-23(3)12-8-7-9-14-26-15-10-13-24(4)18-27-16-11-17-28(33-27)21-29-19-25(6-2)20-30(34-29)22-31(32)35-26/h6-10,12-14,24,26-30H,5,11,15-22H2,1-4H3/b8-7-,13-10+,14-9+,23-12+,25-6?. The van der Waals surface area contributed by atoms with Crippen molar-refractivity contribution in [1.82, 2.24) is 0 Å². The number of hydrogen-bond acceptors (Lipinski definition) is 4. The van der Waals surface area contributed by atoms with E-state index in [0.29, 0.717) is 24.9 Å². The quantitative estimate of drug-likeness (QED) is 0.235. The summed E-state index contributed by atoms with van der Waals surface area (Å²) in [5, 5.41) is 0. The van der Waals surface area contributed by atoms with Crippen molar-refractivity contribution < 1.29 is 19.0 Å². The third kappa shape index (κ3) is 9.93. The minimum absolute atomic E-state index is 0.113. The SMILES string of the molecule is CC=C1CC2CC(=O)OC(/C=C/C=C\C=C(/C)CC)C/C=C/C(C)CC3CCCC(CC(C1)O2)O3. The summed E-state index contributed by atoms with van der Waals surface area (Å²) < 4.78 is 18.8. The first-order chi connectivity index (χ1) is 16.9. The average molecular weight is 483 g/mol. The lowest BCUT2D eigenvalue weighted by atomic mass is 9.90. The van der Waals surface area contributed by atoms with Crippen molar-refractivity contribution in [3.63, 3.8) is 0 Å². The molecule has 0 radical (unpaired) electrons. The maximum Gasteiger partial charge on any atom is 0.309 e. The summed E-state index contributed by atoms with van der Waals surface area (Å²) in [6.07, 6.45) is 26.2. The first-order valence-electron chi connectivity index (χ1n) is 13.8. The van der Waals surface area contributed by atoms with Gasteiger partial charge in [0.2, 0.25) is 0 Å². The van der Waals surface area contributed by atoms with Crippen LogP contribution in [0.2, 0.25) is 0 Å². The Morgan fingerprint density at radius 3 is 2.51 bits per heavy atom. The number of esters is 1. The second kappa shape index (κ2) is 14.6. The molecule has 6 atom stereocenters. The van der Waals surface area contributed by atoms with Crippen LogP contribution in [0.15, 0.2) is 59.8 Å². The number of carbonyl (C=O) groups excluding carboxylic acids is 1. The largest absolute Gasteiger partial charge is 0.458 e. The average Bonchev–Trinajstić information content (AvgIpc) is 2.82. The number of fused-ring (bicyclic) bond motifs is 4. The fraction of sp³-hybridized carbons (Fsp3) is 0.645. The van der Waals surface area contributed by atoms with Gasteiger partial charge < -0.3 is 14.2 Å². The van der Waals surface area contributed by atoms with Gasteiger partial charge in [-0.2, -0.15) is 0 Å². The van der Waals surface area contributed by atoms with E-state index in [0.717, 1.165) is 44.9 Å². The maximum absolute atomic E-state index is 12.9. The normalized spacial score (nSPS) is 35.9. The Morgan fingerprint density at radius 2 is 1.74 bits per heavy atom. The number of cyclic esters (lactones) is 1. The molecule has 0 aromatic rings. The molecule has 0 saturated carbocycles. The molecule has 0 N–H and O–H groups in total. The van der Waals surface area contributed by atoms with Gasteiger partial charge >= 0.3 is 5.97 Å². The lowest BCUT2D eigenvalue weighted by molar-refractivity contribution is -0.153. The van der Waals surface area contributed by atoms with E-state index in [1.807, 2.05) is 24.3 Å². The van der Waals surface area contributed by atoms with Gasteiger partial charge in [0.1, 0.15) is 6.10 Å². The third-order valence-corrected chi connectivity index (χ3v) is 7.37. The molecule has 3 aliphatic heterocycles. The first-order valence-corrected chi connectivity index (χ1v) is 13.8. The van der Waals surface area contributed by atoms with Crippen molar-refractivity contribution in [2.24, 2.45) is 5.92 Å². The van der Waals surface area contributed by atoms with Crippen molar-refractivity contribution in [2.75, 3.05) is 0 Å². The van der Waals surface area contributed by atoms with Crippen LogP contribution in [0.4, 0.5) is 0 Å². The zero-order valence-corrected chi connectivity index (χ0v) is 22.3. The summed E-state index contributed by atoms with van der Waals surface area (Å²) in [6.45, 7) is 8.61. The van der Waals surface area contributed by atoms with Gasteiger partial charge in [-0.05, 0) is 70.8 Å². The molecule has 3 aliphatic rings. The number of carbonyl (C=O) groups is 1. The second-order valence-corrected chi connectivity index (χ2v) is 10.5. The molecule has 0 aromatic heterocycles. The molecule has 0 aliphatic carbocycles. The van der Waals surface area contributed by atoms with E-state index in [9.17, 15) is 4.79 Å². The van der Waals surface area contributed by atoms with Gasteiger partial charge in [-0.1, -0.05) is 67.5 Å². The molecule has 194 valence electrons. The molecule has 35 heavy (non-hydrogen) atoms. The van der Waals surface area contributed by atoms with Crippen molar-refractivity contribution in [1.29, 1.82) is 0 Å². The van der Waals surface area contributed by atoms with Crippen molar-refractivity contribution >= 4 is 5.97 Å². The molecule has 4 heteroatoms. The number of ether oxygens (including phenoxy) is 3. The summed E-state index contributed by atoms with van der Waals surface area (Å²) in [5.41, 5.74) is 2.71. The van der Waals surface area contributed by atoms with Crippen LogP contribution in [0.25, 0.3) is 0 Å². The fourth-order valence-electron chi connectivity index (χ4n) is 5.25. The number of hydrogen-bond donors (Lipinski definition) is 0. The van der Waals surface area contributed by atoms with Gasteiger partial charge in [0.15, 0.2) is 0 Å². The maximum atomic E-state index is 12.9. The van der Waals surface area contributed by atoms with Crippen LogP contribution in [0.3, 0.4) is 0 Å². The molecule has 2 fully saturated rings. The summed E-state index contributed by atoms with van der Waals surface area (Å²) in [6, 6.07) is 0. The molecule has 4 bridgehead atoms. The lowest BCUT2D eigenvalue weighted by Gasteiger charge is -2.37. The van der Waals surface area contributed by atoms with E-state index < -0.39 is 0 Å². The van der Waals surface area contributed by atoms with Crippen molar-refractivity contribution in [2.45, 2.75) is 122 Å². The van der Waals surface area contributed by atoms with Gasteiger partial charge in [-0.3, -0.25) is 4.79 Å². The molecule has 0 aromatic carbocycles. The lowest BCUT2D eigenvalue weighted by Crippen LogP contribution is -2.37. The van der Waals surface area contributed by atoms with Gasteiger partial charge in [0, 0.05) is 12.8 Å². The molecular formula is C31H46O4.